The Labute approximate surface area is 141 Å². The van der Waals surface area contributed by atoms with Crippen LogP contribution in [0.1, 0.15) is 28.8 Å². The van der Waals surface area contributed by atoms with E-state index in [1.807, 2.05) is 30.0 Å². The lowest BCUT2D eigenvalue weighted by molar-refractivity contribution is 0.0765. The van der Waals surface area contributed by atoms with Crippen molar-refractivity contribution in [3.8, 4) is 0 Å². The molecule has 1 spiro atoms. The van der Waals surface area contributed by atoms with Gasteiger partial charge >= 0.3 is 6.03 Å². The second-order valence-electron chi connectivity index (χ2n) is 7.11. The van der Waals surface area contributed by atoms with E-state index in [-0.39, 0.29) is 17.4 Å². The average molecular weight is 329 g/mol. The lowest BCUT2D eigenvalue weighted by Crippen LogP contribution is -2.33. The Kier molecular flexibility index (Phi) is 3.72. The summed E-state index contributed by atoms with van der Waals surface area (Å²) in [5.74, 6) is 0.0673. The summed E-state index contributed by atoms with van der Waals surface area (Å²) in [7, 11) is 0. The number of nitrogens with one attached hydrogen (secondary N) is 1. The molecule has 6 heteroatoms. The van der Waals surface area contributed by atoms with E-state index in [2.05, 4.69) is 5.32 Å². The first kappa shape index (κ1) is 15.4. The van der Waals surface area contributed by atoms with Crippen molar-refractivity contribution in [3.05, 3.63) is 29.3 Å². The van der Waals surface area contributed by atoms with Gasteiger partial charge in [-0.15, -0.1) is 0 Å². The molecule has 1 aromatic rings. The minimum atomic E-state index is -0.0917. The van der Waals surface area contributed by atoms with Crippen LogP contribution in [0, 0.1) is 12.3 Å². The Morgan fingerprint density at radius 1 is 1.29 bits per heavy atom. The Morgan fingerprint density at radius 3 is 2.88 bits per heavy atom. The third-order valence-corrected chi connectivity index (χ3v) is 5.59. The van der Waals surface area contributed by atoms with Crippen LogP contribution in [0.3, 0.4) is 0 Å². The maximum absolute atomic E-state index is 13.0. The smallest absolute Gasteiger partial charge is 0.322 e. The summed E-state index contributed by atoms with van der Waals surface area (Å²) in [6.45, 7) is 6.35. The predicted octanol–water partition coefficient (Wildman–Crippen LogP) is 1.78. The third kappa shape index (κ3) is 2.45. The first-order valence-electron chi connectivity index (χ1n) is 8.62. The Hall–Kier alpha value is -2.08. The highest BCUT2D eigenvalue weighted by Crippen LogP contribution is 2.39. The van der Waals surface area contributed by atoms with Crippen molar-refractivity contribution in [2.75, 3.05) is 44.3 Å². The van der Waals surface area contributed by atoms with Gasteiger partial charge in [-0.1, -0.05) is 6.07 Å². The monoisotopic (exact) mass is 329 g/mol. The number of rotatable bonds is 2. The second-order valence-corrected chi connectivity index (χ2v) is 7.11. The van der Waals surface area contributed by atoms with Crippen molar-refractivity contribution < 1.29 is 14.3 Å². The van der Waals surface area contributed by atoms with Crippen LogP contribution in [-0.2, 0) is 4.74 Å². The molecule has 1 N–H and O–H groups in total. The number of ether oxygens (including phenoxy) is 1. The molecule has 3 aliphatic rings. The molecule has 0 aromatic heterocycles. The number of hydrogen-bond donors (Lipinski definition) is 1. The van der Waals surface area contributed by atoms with Crippen LogP contribution in [0.5, 0.6) is 0 Å². The van der Waals surface area contributed by atoms with E-state index in [1.54, 1.807) is 4.90 Å². The second kappa shape index (κ2) is 5.77. The highest BCUT2D eigenvalue weighted by atomic mass is 16.5. The van der Waals surface area contributed by atoms with Crippen LogP contribution in [0.15, 0.2) is 18.2 Å². The van der Waals surface area contributed by atoms with Gasteiger partial charge in [0.1, 0.15) is 0 Å². The molecule has 1 aromatic carbocycles. The highest BCUT2D eigenvalue weighted by Gasteiger charge is 2.43. The zero-order valence-corrected chi connectivity index (χ0v) is 14.0. The van der Waals surface area contributed by atoms with Gasteiger partial charge < -0.3 is 15.0 Å². The highest BCUT2D eigenvalue weighted by molar-refractivity contribution is 6.00. The van der Waals surface area contributed by atoms with Gasteiger partial charge in [0.05, 0.1) is 6.61 Å². The van der Waals surface area contributed by atoms with Crippen LogP contribution in [0.2, 0.25) is 0 Å². The zero-order chi connectivity index (χ0) is 16.7. The Bertz CT molecular complexity index is 682. The van der Waals surface area contributed by atoms with Gasteiger partial charge in [-0.2, -0.15) is 0 Å². The molecule has 6 nitrogen and oxygen atoms in total. The van der Waals surface area contributed by atoms with Gasteiger partial charge in [0.2, 0.25) is 0 Å². The SMILES string of the molecule is Cc1c(C(=O)N2CCC3(CCOC3)C2)cccc1N1CCNC1=O. The topological polar surface area (TPSA) is 61.9 Å². The van der Waals surface area contributed by atoms with E-state index in [1.165, 1.54) is 0 Å². The van der Waals surface area contributed by atoms with Crippen molar-refractivity contribution in [2.45, 2.75) is 19.8 Å². The van der Waals surface area contributed by atoms with Crippen molar-refractivity contribution in [3.63, 3.8) is 0 Å². The maximum Gasteiger partial charge on any atom is 0.322 e. The van der Waals surface area contributed by atoms with Crippen LogP contribution >= 0.6 is 0 Å². The van der Waals surface area contributed by atoms with Crippen molar-refractivity contribution in [2.24, 2.45) is 5.41 Å². The molecule has 0 aliphatic carbocycles. The van der Waals surface area contributed by atoms with Crippen molar-refractivity contribution >= 4 is 17.6 Å². The number of urea groups is 1. The van der Waals surface area contributed by atoms with Crippen molar-refractivity contribution in [1.82, 2.24) is 10.2 Å². The molecule has 1 unspecified atom stereocenters. The van der Waals surface area contributed by atoms with Gasteiger partial charge in [-0.3, -0.25) is 9.69 Å². The summed E-state index contributed by atoms with van der Waals surface area (Å²) in [5, 5.41) is 2.81. The number of likely N-dealkylation sites (tertiary alicyclic amines) is 1. The number of hydrogen-bond acceptors (Lipinski definition) is 3. The van der Waals surface area contributed by atoms with Gasteiger partial charge in [-0.05, 0) is 37.5 Å². The molecule has 3 aliphatic heterocycles. The maximum atomic E-state index is 13.0. The van der Waals surface area contributed by atoms with Crippen molar-refractivity contribution in [1.29, 1.82) is 0 Å². The number of amides is 3. The fourth-order valence-corrected chi connectivity index (χ4v) is 4.10. The van der Waals surface area contributed by atoms with Crippen LogP contribution < -0.4 is 10.2 Å². The molecule has 24 heavy (non-hydrogen) atoms. The van der Waals surface area contributed by atoms with Crippen LogP contribution in [-0.4, -0.2) is 56.2 Å². The van der Waals surface area contributed by atoms with E-state index >= 15 is 0 Å². The zero-order valence-electron chi connectivity index (χ0n) is 14.0. The molecular formula is C18H23N3O3. The fraction of sp³-hybridized carbons (Fsp3) is 0.556. The Balaban J connectivity index is 1.58. The average Bonchev–Trinajstić information content (AvgIpc) is 3.31. The largest absolute Gasteiger partial charge is 0.381 e. The summed E-state index contributed by atoms with van der Waals surface area (Å²) in [6, 6.07) is 5.55. The first-order chi connectivity index (χ1) is 11.6. The third-order valence-electron chi connectivity index (χ3n) is 5.59. The molecule has 1 atom stereocenters. The van der Waals surface area contributed by atoms with E-state index in [9.17, 15) is 9.59 Å². The lowest BCUT2D eigenvalue weighted by Gasteiger charge is -2.24. The van der Waals surface area contributed by atoms with Gasteiger partial charge in [0.25, 0.3) is 5.91 Å². The quantitative estimate of drug-likeness (QED) is 0.900. The van der Waals surface area contributed by atoms with Crippen LogP contribution in [0.4, 0.5) is 10.5 Å². The lowest BCUT2D eigenvalue weighted by atomic mass is 9.87. The summed E-state index contributed by atoms with van der Waals surface area (Å²) < 4.78 is 5.55. The fourth-order valence-electron chi connectivity index (χ4n) is 4.10. The number of nitrogens with zero attached hydrogens (tertiary/aromatic N) is 2. The van der Waals surface area contributed by atoms with E-state index in [4.69, 9.17) is 4.74 Å². The van der Waals surface area contributed by atoms with E-state index in [0.29, 0.717) is 18.7 Å². The molecule has 0 saturated carbocycles. The molecule has 3 amide bonds. The van der Waals surface area contributed by atoms with Gasteiger partial charge in [0.15, 0.2) is 0 Å². The van der Waals surface area contributed by atoms with Crippen LogP contribution in [0.25, 0.3) is 0 Å². The molecule has 3 heterocycles. The summed E-state index contributed by atoms with van der Waals surface area (Å²) >= 11 is 0. The normalized spacial score (nSPS) is 26.5. The molecular weight excluding hydrogens is 306 g/mol. The molecule has 0 radical (unpaired) electrons. The standard InChI is InChI=1S/C18H23N3O3/c1-13-14(3-2-4-15(13)21-9-7-19-17(21)23)16(22)20-8-5-18(11-20)6-10-24-12-18/h2-4H,5-12H2,1H3,(H,19,23). The summed E-state index contributed by atoms with van der Waals surface area (Å²) in [5.41, 5.74) is 2.57. The summed E-state index contributed by atoms with van der Waals surface area (Å²) in [6.07, 6.45) is 2.07. The van der Waals surface area contributed by atoms with E-state index < -0.39 is 0 Å². The first-order valence-corrected chi connectivity index (χ1v) is 8.62. The minimum Gasteiger partial charge on any atom is -0.381 e. The predicted molar refractivity (Wildman–Crippen MR) is 90.3 cm³/mol. The minimum absolute atomic E-state index is 0.0673. The van der Waals surface area contributed by atoms with E-state index in [0.717, 1.165) is 50.4 Å². The molecule has 128 valence electrons. The van der Waals surface area contributed by atoms with Gasteiger partial charge in [-0.25, -0.2) is 4.79 Å². The molecule has 0 bridgehead atoms. The summed E-state index contributed by atoms with van der Waals surface area (Å²) in [4.78, 5) is 28.6. The Morgan fingerprint density at radius 2 is 2.17 bits per heavy atom. The number of benzene rings is 1. The molecule has 4 rings (SSSR count). The molecule has 3 saturated heterocycles. The number of carbonyl (C=O) groups excluding carboxylic acids is 2. The molecule has 3 fully saturated rings. The number of anilines is 1. The van der Waals surface area contributed by atoms with Gasteiger partial charge in [0, 0.05) is 49.5 Å². The number of carbonyl (C=O) groups is 2.